The van der Waals surface area contributed by atoms with Crippen LogP contribution in [0.25, 0.3) is 27.5 Å². The highest BCUT2D eigenvalue weighted by atomic mass is 35.5. The Kier molecular flexibility index (Phi) is 20.8. The van der Waals surface area contributed by atoms with Crippen molar-refractivity contribution in [2.45, 2.75) is 113 Å². The van der Waals surface area contributed by atoms with Crippen molar-refractivity contribution in [2.24, 2.45) is 17.8 Å². The van der Waals surface area contributed by atoms with E-state index in [-0.39, 0.29) is 48.5 Å². The van der Waals surface area contributed by atoms with Crippen LogP contribution >= 0.6 is 23.2 Å². The molecule has 1 aromatic heterocycles. The number of nitrogens with one attached hydrogen (secondary N) is 2. The molecular formula is C65H70Cl2N2O8. The number of benzene rings is 6. The van der Waals surface area contributed by atoms with Crippen LogP contribution in [0, 0.1) is 45.4 Å². The molecule has 3 aliphatic rings. The molecule has 3 aliphatic carbocycles. The van der Waals surface area contributed by atoms with E-state index in [1.807, 2.05) is 88.4 Å². The molecule has 7 aromatic rings. The number of hydrogen-bond acceptors (Lipinski definition) is 6. The van der Waals surface area contributed by atoms with Crippen molar-refractivity contribution < 1.29 is 38.6 Å². The predicted molar refractivity (Wildman–Crippen MR) is 314 cm³/mol. The number of aromatic carboxylic acids is 1. The average molecular weight is 1080 g/mol. The minimum atomic E-state index is -1.07. The Morgan fingerprint density at radius 1 is 0.597 bits per heavy atom. The molecule has 2 saturated carbocycles. The highest BCUT2D eigenvalue weighted by molar-refractivity contribution is 6.35. The minimum Gasteiger partial charge on any atom is -0.481 e. The summed E-state index contributed by atoms with van der Waals surface area (Å²) in [5.74, 6) is -3.16. The second-order valence-electron chi connectivity index (χ2n) is 20.2. The number of ketones is 1. The molecule has 10 nitrogen and oxygen atoms in total. The van der Waals surface area contributed by atoms with Gasteiger partial charge in [0.2, 0.25) is 11.8 Å². The Hall–Kier alpha value is -7.27. The first-order valence-electron chi connectivity index (χ1n) is 26.0. The fourth-order valence-electron chi connectivity index (χ4n) is 10.2. The summed E-state index contributed by atoms with van der Waals surface area (Å²) in [6.07, 6.45) is 11.9. The number of para-hydroxylation sites is 1. The second-order valence-corrected chi connectivity index (χ2v) is 20.9. The maximum absolute atomic E-state index is 12.3. The topological polar surface area (TPSA) is 163 Å². The highest BCUT2D eigenvalue weighted by Crippen LogP contribution is 2.37. The zero-order valence-electron chi connectivity index (χ0n) is 43.9. The van der Waals surface area contributed by atoms with Gasteiger partial charge in [-0.25, -0.2) is 4.79 Å². The van der Waals surface area contributed by atoms with E-state index in [9.17, 15) is 29.1 Å². The Balaban J connectivity index is 0.000000166. The van der Waals surface area contributed by atoms with Crippen molar-refractivity contribution in [3.05, 3.63) is 194 Å². The smallest absolute Gasteiger partial charge is 0.336 e. The molecule has 0 radical (unpaired) electrons. The molecule has 402 valence electrons. The lowest BCUT2D eigenvalue weighted by molar-refractivity contribution is -0.147. The fourth-order valence-corrected chi connectivity index (χ4v) is 10.5. The van der Waals surface area contributed by atoms with E-state index in [2.05, 4.69) is 54.5 Å². The zero-order chi connectivity index (χ0) is 54.6. The number of amides is 2. The van der Waals surface area contributed by atoms with Gasteiger partial charge >= 0.3 is 11.9 Å². The SMILES string of the molecule is C.C=C1C=C(C)c2cc3c(cc2C1)oc1ccccc13.Cc1ccc(CC(=O)c2ccccc2C(=O)O)cc1C.Cc1cccc(NC(=O)C2CCCCC2)c1Cl.Cc1cccc(NC(=O)[C@H]2CCCC[C@H]2C(=O)O)c1Cl. The van der Waals surface area contributed by atoms with Crippen LogP contribution in [-0.4, -0.2) is 39.7 Å². The van der Waals surface area contributed by atoms with Crippen LogP contribution < -0.4 is 10.6 Å². The Bertz CT molecular complexity index is 3350. The summed E-state index contributed by atoms with van der Waals surface area (Å²) in [5, 5.41) is 27.6. The number of fused-ring (bicyclic) bond motifs is 4. The van der Waals surface area contributed by atoms with Gasteiger partial charge in [-0.2, -0.15) is 0 Å². The van der Waals surface area contributed by atoms with Gasteiger partial charge < -0.3 is 25.3 Å². The number of carboxylic acids is 2. The van der Waals surface area contributed by atoms with Crippen LogP contribution in [0.2, 0.25) is 10.0 Å². The van der Waals surface area contributed by atoms with E-state index in [1.54, 1.807) is 24.3 Å². The number of Topliss-reactive ketones (excluding diaryl/α,β-unsaturated/α-hetero) is 1. The van der Waals surface area contributed by atoms with E-state index in [1.165, 1.54) is 63.9 Å². The first-order chi connectivity index (χ1) is 36.4. The van der Waals surface area contributed by atoms with Gasteiger partial charge in [0.15, 0.2) is 5.78 Å². The number of aliphatic carboxylic acids is 1. The number of allylic oxidation sites excluding steroid dienone is 3. The van der Waals surface area contributed by atoms with Crippen LogP contribution in [-0.2, 0) is 27.2 Å². The summed E-state index contributed by atoms with van der Waals surface area (Å²) < 4.78 is 5.94. The van der Waals surface area contributed by atoms with Crippen molar-refractivity contribution >= 4 is 91.6 Å². The molecule has 0 saturated heterocycles. The lowest BCUT2D eigenvalue weighted by Crippen LogP contribution is -2.36. The predicted octanol–water partition coefficient (Wildman–Crippen LogP) is 16.8. The van der Waals surface area contributed by atoms with Crippen molar-refractivity contribution in [3.63, 3.8) is 0 Å². The van der Waals surface area contributed by atoms with Crippen molar-refractivity contribution in [1.82, 2.24) is 0 Å². The number of anilines is 2. The number of aryl methyl sites for hydroxylation is 4. The van der Waals surface area contributed by atoms with Crippen LogP contribution in [0.1, 0.15) is 132 Å². The average Bonchev–Trinajstić information content (AvgIpc) is 3.78. The summed E-state index contributed by atoms with van der Waals surface area (Å²) in [7, 11) is 0. The molecule has 77 heavy (non-hydrogen) atoms. The standard InChI is InChI=1S/C18H14O.C17H16O3.C15H18ClNO3.C14H18ClNO.CH4/c1-11-7-12(2)15-10-16-14-5-3-4-6-17(14)19-18(16)9-13(15)8-11;1-11-7-8-13(9-12(11)2)10-16(18)14-5-3-4-6-15(14)17(19)20;1-9-5-4-8-12(13(9)16)17-14(18)10-6-2-3-7-11(10)15(19)20;1-10-6-5-9-12(13(10)15)16-14(17)11-7-3-2-4-8-11;/h3-7,9-10H,1,8H2,2H3;3-9H,10H2,1-2H3,(H,19,20);4-5,8,10-11H,2-3,6-7H2,1H3,(H,17,18)(H,19,20);5-6,9,11H,2-4,7-8H2,1H3,(H,16,17);1H4/t;;10-,11+;;/m..0../s1. The number of carbonyl (C=O) groups excluding carboxylic acids is 3. The number of carboxylic acid groups (broad SMARTS) is 2. The van der Waals surface area contributed by atoms with Gasteiger partial charge in [0, 0.05) is 28.7 Å². The molecule has 10 rings (SSSR count). The molecule has 4 N–H and O–H groups in total. The van der Waals surface area contributed by atoms with Crippen LogP contribution in [0.5, 0.6) is 0 Å². The quantitative estimate of drug-likeness (QED) is 0.104. The Morgan fingerprint density at radius 2 is 1.18 bits per heavy atom. The van der Waals surface area contributed by atoms with Crippen molar-refractivity contribution in [2.75, 3.05) is 10.6 Å². The molecule has 1 heterocycles. The van der Waals surface area contributed by atoms with Gasteiger partial charge in [0.25, 0.3) is 0 Å². The molecule has 0 bridgehead atoms. The maximum Gasteiger partial charge on any atom is 0.336 e. The number of hydrogen-bond donors (Lipinski definition) is 4. The summed E-state index contributed by atoms with van der Waals surface area (Å²) in [6.45, 7) is 14.0. The fraction of sp³-hybridized carbons (Fsp3) is 0.308. The van der Waals surface area contributed by atoms with Gasteiger partial charge in [-0.1, -0.05) is 160 Å². The first-order valence-corrected chi connectivity index (χ1v) is 26.7. The second kappa shape index (κ2) is 27.2. The monoisotopic (exact) mass is 1080 g/mol. The normalized spacial score (nSPS) is 15.8. The van der Waals surface area contributed by atoms with E-state index in [0.717, 1.165) is 71.2 Å². The molecule has 0 spiro atoms. The van der Waals surface area contributed by atoms with Gasteiger partial charge in [0.1, 0.15) is 11.2 Å². The van der Waals surface area contributed by atoms with Gasteiger partial charge in [0.05, 0.1) is 38.8 Å². The van der Waals surface area contributed by atoms with Crippen LogP contribution in [0.3, 0.4) is 0 Å². The van der Waals surface area contributed by atoms with Gasteiger partial charge in [-0.05, 0) is 148 Å². The molecule has 2 amide bonds. The van der Waals surface area contributed by atoms with Gasteiger partial charge in [-0.15, -0.1) is 0 Å². The number of rotatable bonds is 9. The molecule has 0 unspecified atom stereocenters. The first kappa shape index (κ1) is 59.0. The summed E-state index contributed by atoms with van der Waals surface area (Å²) in [4.78, 5) is 59.0. The summed E-state index contributed by atoms with van der Waals surface area (Å²) in [5.41, 5.74) is 13.7. The maximum atomic E-state index is 12.3. The minimum absolute atomic E-state index is 0. The van der Waals surface area contributed by atoms with Gasteiger partial charge in [-0.3, -0.25) is 19.2 Å². The molecule has 12 heteroatoms. The third-order valence-corrected chi connectivity index (χ3v) is 15.6. The number of halogens is 2. The lowest BCUT2D eigenvalue weighted by Gasteiger charge is -2.27. The molecule has 0 aliphatic heterocycles. The highest BCUT2D eigenvalue weighted by Gasteiger charge is 2.36. The van der Waals surface area contributed by atoms with Crippen LogP contribution in [0.4, 0.5) is 11.4 Å². The van der Waals surface area contributed by atoms with Crippen LogP contribution in [0.15, 0.2) is 138 Å². The van der Waals surface area contributed by atoms with Crippen molar-refractivity contribution in [1.29, 1.82) is 0 Å². The lowest BCUT2D eigenvalue weighted by atomic mass is 9.78. The van der Waals surface area contributed by atoms with E-state index >= 15 is 0 Å². The Labute approximate surface area is 462 Å². The Morgan fingerprint density at radius 3 is 1.81 bits per heavy atom. The summed E-state index contributed by atoms with van der Waals surface area (Å²) >= 11 is 12.3. The largest absolute Gasteiger partial charge is 0.481 e. The molecule has 6 aromatic carbocycles. The number of furan rings is 1. The van der Waals surface area contributed by atoms with E-state index in [0.29, 0.717) is 28.6 Å². The summed E-state index contributed by atoms with van der Waals surface area (Å²) in [6, 6.07) is 35.9. The third-order valence-electron chi connectivity index (χ3n) is 14.6. The van der Waals surface area contributed by atoms with E-state index < -0.39 is 23.8 Å². The molecule has 2 atom stereocenters. The van der Waals surface area contributed by atoms with E-state index in [4.69, 9.17) is 32.7 Å². The third kappa shape index (κ3) is 15.0. The zero-order valence-corrected chi connectivity index (χ0v) is 45.4. The number of carbonyl (C=O) groups is 5. The molecule has 2 fully saturated rings. The molecular weight excluding hydrogens is 1010 g/mol. The van der Waals surface area contributed by atoms with Crippen molar-refractivity contribution in [3.8, 4) is 0 Å².